The minimum atomic E-state index is 0.123. The van der Waals surface area contributed by atoms with Gasteiger partial charge in [0.2, 0.25) is 0 Å². The lowest BCUT2D eigenvalue weighted by atomic mass is 9.66. The first-order valence-electron chi connectivity index (χ1n) is 5.04. The van der Waals surface area contributed by atoms with Crippen molar-refractivity contribution in [3.63, 3.8) is 0 Å². The third-order valence-corrected chi connectivity index (χ3v) is 4.97. The van der Waals surface area contributed by atoms with Crippen molar-refractivity contribution in [2.45, 2.75) is 25.4 Å². The number of hydrogen-bond acceptors (Lipinski definition) is 1. The van der Waals surface area contributed by atoms with Crippen molar-refractivity contribution in [2.24, 2.45) is 35.5 Å². The molecule has 0 radical (unpaired) electrons. The van der Waals surface area contributed by atoms with E-state index in [0.29, 0.717) is 0 Å². The van der Waals surface area contributed by atoms with Crippen LogP contribution in [-0.4, -0.2) is 11.2 Å². The number of aliphatic hydroxyl groups is 1. The maximum Gasteiger partial charge on any atom is 0.0602 e. The Labute approximate surface area is 66.8 Å². The molecule has 1 nitrogen and oxygen atoms in total. The van der Waals surface area contributed by atoms with Gasteiger partial charge in [0.25, 0.3) is 0 Å². The Morgan fingerprint density at radius 1 is 0.727 bits per heavy atom. The summed E-state index contributed by atoms with van der Waals surface area (Å²) < 4.78 is 0. The Morgan fingerprint density at radius 2 is 1.27 bits per heavy atom. The van der Waals surface area contributed by atoms with Gasteiger partial charge in [0.15, 0.2) is 0 Å². The fraction of sp³-hybridized carbons (Fsp3) is 1.00. The highest BCUT2D eigenvalue weighted by atomic mass is 16.3. The minimum Gasteiger partial charge on any atom is -0.393 e. The quantitative estimate of drug-likeness (QED) is 0.551. The molecule has 0 aromatic rings. The Morgan fingerprint density at radius 3 is 1.91 bits per heavy atom. The molecule has 60 valence electrons. The van der Waals surface area contributed by atoms with Gasteiger partial charge in [0.05, 0.1) is 6.10 Å². The van der Waals surface area contributed by atoms with Gasteiger partial charge in [0, 0.05) is 0 Å². The summed E-state index contributed by atoms with van der Waals surface area (Å²) in [7, 11) is 0. The molecule has 5 atom stereocenters. The lowest BCUT2D eigenvalue weighted by Crippen LogP contribution is -2.39. The lowest BCUT2D eigenvalue weighted by Gasteiger charge is -2.41. The molecule has 5 saturated carbocycles. The second-order valence-corrected chi connectivity index (χ2v) is 5.21. The summed E-state index contributed by atoms with van der Waals surface area (Å²) in [5.74, 6) is 5.60. The molecule has 0 spiro atoms. The summed E-state index contributed by atoms with van der Waals surface area (Å²) >= 11 is 0. The number of hydrogen-bond donors (Lipinski definition) is 1. The van der Waals surface area contributed by atoms with Crippen LogP contribution in [0.25, 0.3) is 0 Å². The fourth-order valence-electron chi connectivity index (χ4n) is 4.77. The molecule has 0 saturated heterocycles. The summed E-state index contributed by atoms with van der Waals surface area (Å²) in [6.07, 6.45) is 4.39. The van der Waals surface area contributed by atoms with Gasteiger partial charge in [0.1, 0.15) is 0 Å². The van der Waals surface area contributed by atoms with Gasteiger partial charge >= 0.3 is 0 Å². The molecule has 5 aliphatic rings. The zero-order valence-electron chi connectivity index (χ0n) is 6.61. The highest BCUT2D eigenvalue weighted by molar-refractivity contribution is 5.19. The molecule has 0 heterocycles. The van der Waals surface area contributed by atoms with E-state index in [1.807, 2.05) is 0 Å². The van der Waals surface area contributed by atoms with Crippen molar-refractivity contribution in [1.82, 2.24) is 0 Å². The molecule has 5 unspecified atom stereocenters. The van der Waals surface area contributed by atoms with Gasteiger partial charge < -0.3 is 5.11 Å². The van der Waals surface area contributed by atoms with Crippen LogP contribution in [0.1, 0.15) is 19.3 Å². The summed E-state index contributed by atoms with van der Waals surface area (Å²) in [6, 6.07) is 0. The van der Waals surface area contributed by atoms with Gasteiger partial charge in [-0.15, -0.1) is 0 Å². The van der Waals surface area contributed by atoms with Crippen LogP contribution < -0.4 is 0 Å². The van der Waals surface area contributed by atoms with Crippen LogP contribution in [0.5, 0.6) is 0 Å². The van der Waals surface area contributed by atoms with Crippen molar-refractivity contribution in [3.8, 4) is 0 Å². The van der Waals surface area contributed by atoms with Gasteiger partial charge in [-0.3, -0.25) is 0 Å². The van der Waals surface area contributed by atoms with Crippen LogP contribution in [0.2, 0.25) is 0 Å². The van der Waals surface area contributed by atoms with E-state index in [-0.39, 0.29) is 6.10 Å². The maximum absolute atomic E-state index is 9.85. The SMILES string of the molecule is OC1C2CC3CC(C2)C2C3C12. The molecule has 1 heteroatoms. The van der Waals surface area contributed by atoms with Crippen molar-refractivity contribution in [3.05, 3.63) is 0 Å². The topological polar surface area (TPSA) is 20.2 Å². The molecule has 4 bridgehead atoms. The Bertz CT molecular complexity index is 193. The van der Waals surface area contributed by atoms with Gasteiger partial charge in [-0.25, -0.2) is 0 Å². The third kappa shape index (κ3) is 0.438. The molecule has 0 aliphatic heterocycles. The second kappa shape index (κ2) is 1.39. The van der Waals surface area contributed by atoms with E-state index in [1.165, 1.54) is 19.3 Å². The predicted molar refractivity (Wildman–Crippen MR) is 40.8 cm³/mol. The molecule has 5 rings (SSSR count). The van der Waals surface area contributed by atoms with Crippen LogP contribution in [0.3, 0.4) is 0 Å². The van der Waals surface area contributed by atoms with Crippen molar-refractivity contribution in [2.75, 3.05) is 0 Å². The highest BCUT2D eigenvalue weighted by Gasteiger charge is 2.71. The summed E-state index contributed by atoms with van der Waals surface area (Å²) in [6.45, 7) is 0. The van der Waals surface area contributed by atoms with E-state index >= 15 is 0 Å². The summed E-state index contributed by atoms with van der Waals surface area (Å²) in [5, 5.41) is 9.85. The lowest BCUT2D eigenvalue weighted by molar-refractivity contribution is -0.0216. The minimum absolute atomic E-state index is 0.123. The summed E-state index contributed by atoms with van der Waals surface area (Å²) in [4.78, 5) is 0. The van der Waals surface area contributed by atoms with Gasteiger partial charge in [-0.05, 0) is 54.8 Å². The van der Waals surface area contributed by atoms with Crippen LogP contribution in [0.4, 0.5) is 0 Å². The van der Waals surface area contributed by atoms with Crippen LogP contribution in [0.15, 0.2) is 0 Å². The van der Waals surface area contributed by atoms with E-state index in [9.17, 15) is 5.11 Å². The van der Waals surface area contributed by atoms with E-state index in [2.05, 4.69) is 0 Å². The van der Waals surface area contributed by atoms with Gasteiger partial charge in [-0.1, -0.05) is 0 Å². The normalized spacial score (nSPS) is 75.5. The van der Waals surface area contributed by atoms with E-state index < -0.39 is 0 Å². The maximum atomic E-state index is 9.85. The Balaban J connectivity index is 1.85. The Kier molecular flexibility index (Phi) is 0.706. The van der Waals surface area contributed by atoms with Crippen molar-refractivity contribution >= 4 is 0 Å². The highest BCUT2D eigenvalue weighted by Crippen LogP contribution is 2.74. The van der Waals surface area contributed by atoms with E-state index in [1.54, 1.807) is 0 Å². The first kappa shape index (κ1) is 5.58. The number of aliphatic hydroxyl groups excluding tert-OH is 1. The zero-order chi connectivity index (χ0) is 7.16. The molecular weight excluding hydrogens is 136 g/mol. The first-order chi connectivity index (χ1) is 5.36. The van der Waals surface area contributed by atoms with E-state index in [0.717, 1.165) is 35.5 Å². The molecule has 0 amide bonds. The second-order valence-electron chi connectivity index (χ2n) is 5.21. The molecule has 0 aromatic heterocycles. The molecule has 5 fully saturated rings. The largest absolute Gasteiger partial charge is 0.393 e. The number of rotatable bonds is 0. The van der Waals surface area contributed by atoms with Gasteiger partial charge in [-0.2, -0.15) is 0 Å². The van der Waals surface area contributed by atoms with Crippen molar-refractivity contribution < 1.29 is 5.11 Å². The van der Waals surface area contributed by atoms with Crippen molar-refractivity contribution in [1.29, 1.82) is 0 Å². The smallest absolute Gasteiger partial charge is 0.0602 e. The van der Waals surface area contributed by atoms with Crippen LogP contribution in [-0.2, 0) is 0 Å². The summed E-state index contributed by atoms with van der Waals surface area (Å²) in [5.41, 5.74) is 0. The average Bonchev–Trinajstić information content (AvgIpc) is 2.69. The predicted octanol–water partition coefficient (Wildman–Crippen LogP) is 1.27. The van der Waals surface area contributed by atoms with Crippen LogP contribution in [0, 0.1) is 35.5 Å². The molecule has 0 aromatic carbocycles. The molecule has 5 aliphatic carbocycles. The molecular formula is C10H14O. The Hall–Kier alpha value is -0.0400. The van der Waals surface area contributed by atoms with Crippen LogP contribution >= 0.6 is 0 Å². The van der Waals surface area contributed by atoms with E-state index in [4.69, 9.17) is 0 Å². The zero-order valence-corrected chi connectivity index (χ0v) is 6.61. The third-order valence-electron chi connectivity index (χ3n) is 4.97. The standard InChI is InChI=1S/C10H14O/c11-10-6-2-4-1-5(3-6)8-7(4)9(8)10/h4-11H,1-3H2. The molecule has 1 N–H and O–H groups in total. The monoisotopic (exact) mass is 150 g/mol. The molecule has 11 heavy (non-hydrogen) atoms. The average molecular weight is 150 g/mol. The first-order valence-corrected chi connectivity index (χ1v) is 5.04. The fourth-order valence-corrected chi connectivity index (χ4v) is 4.77.